The van der Waals surface area contributed by atoms with E-state index in [1.165, 1.54) is 6.42 Å². The van der Waals surface area contributed by atoms with Crippen LogP contribution in [0.4, 0.5) is 23.0 Å². The molecule has 5 rings (SSSR count). The number of carboxylic acids is 1. The van der Waals surface area contributed by atoms with Crippen LogP contribution in [0.25, 0.3) is 0 Å². The van der Waals surface area contributed by atoms with E-state index in [0.29, 0.717) is 24.2 Å². The number of aliphatic carboxylic acids is 1. The van der Waals surface area contributed by atoms with Gasteiger partial charge in [0.1, 0.15) is 17.6 Å². The minimum Gasteiger partial charge on any atom is -0.497 e. The lowest BCUT2D eigenvalue weighted by Gasteiger charge is -2.32. The normalized spacial score (nSPS) is 13.8. The van der Waals surface area contributed by atoms with Gasteiger partial charge in [0, 0.05) is 43.1 Å². The van der Waals surface area contributed by atoms with Crippen LogP contribution in [-0.2, 0) is 4.79 Å². The number of nitrogens with one attached hydrogen (secondary N) is 1. The summed E-state index contributed by atoms with van der Waals surface area (Å²) in [6, 6.07) is 16.7. The smallest absolute Gasteiger partial charge is 0.306 e. The average molecular weight is 634 g/mol. The van der Waals surface area contributed by atoms with Crippen molar-refractivity contribution in [1.29, 1.82) is 5.26 Å². The molecule has 1 aromatic heterocycles. The highest BCUT2D eigenvalue weighted by Crippen LogP contribution is 2.27. The van der Waals surface area contributed by atoms with Crippen molar-refractivity contribution in [2.75, 3.05) is 48.4 Å². The molecule has 0 atom stereocenters. The first-order chi connectivity index (χ1) is 21.9. The molecule has 3 aromatic rings. The number of hydrogen-bond donors (Lipinski definition) is 3. The number of benzene rings is 2. The first-order valence-electron chi connectivity index (χ1n) is 15.7. The Morgan fingerprint density at radius 2 is 1.52 bits per heavy atom. The molecule has 250 valence electrons. The monoisotopic (exact) mass is 633 g/mol. The zero-order valence-electron chi connectivity index (χ0n) is 27.1. The standard InChI is InChI=1S/C22H26N6O2.C8H9NO2.2C2H6.CH4/c23-14-19-21(26-20(15-24-19)28-10-2-1-3-11-28)25-17-4-6-18(7-5-17)27-12-8-16(9-13-27)22(29)30;1-11-7-4-2-6(3-5-7)8(9)10;2*1-2;/h4-7,15-16H,1-3,8-13H2,(H,25,26)(H,29,30);2-5H,1H3,(H2,9,10);2*1-2H3;1H4. The van der Waals surface area contributed by atoms with Crippen molar-refractivity contribution in [2.45, 2.75) is 67.2 Å². The van der Waals surface area contributed by atoms with Gasteiger partial charge < -0.3 is 30.7 Å². The van der Waals surface area contributed by atoms with Crippen LogP contribution in [-0.4, -0.2) is 60.2 Å². The number of hydrogen-bond acceptors (Lipinski definition) is 9. The molecule has 2 aromatic carbocycles. The number of primary amides is 1. The quantitative estimate of drug-likeness (QED) is 0.251. The highest BCUT2D eigenvalue weighted by atomic mass is 16.5. The molecule has 0 radical (unpaired) electrons. The van der Waals surface area contributed by atoms with E-state index in [1.54, 1.807) is 37.6 Å². The lowest BCUT2D eigenvalue weighted by Crippen LogP contribution is -2.36. The van der Waals surface area contributed by atoms with Crippen LogP contribution in [0.5, 0.6) is 5.75 Å². The van der Waals surface area contributed by atoms with Crippen molar-refractivity contribution in [2.24, 2.45) is 11.7 Å². The summed E-state index contributed by atoms with van der Waals surface area (Å²) >= 11 is 0. The molecule has 2 aliphatic heterocycles. The Labute approximate surface area is 274 Å². The average Bonchev–Trinajstić information content (AvgIpc) is 3.11. The number of carboxylic acid groups (broad SMARTS) is 1. The molecular formula is C35H51N7O4. The predicted molar refractivity (Wildman–Crippen MR) is 186 cm³/mol. The summed E-state index contributed by atoms with van der Waals surface area (Å²) in [6.07, 6.45) is 6.55. The number of nitriles is 1. The van der Waals surface area contributed by atoms with Crippen LogP contribution >= 0.6 is 0 Å². The van der Waals surface area contributed by atoms with E-state index in [2.05, 4.69) is 31.2 Å². The second-order valence-electron chi connectivity index (χ2n) is 9.95. The third kappa shape index (κ3) is 11.6. The minimum atomic E-state index is -0.699. The number of aromatic nitrogens is 2. The number of anilines is 4. The molecule has 2 fully saturated rings. The van der Waals surface area contributed by atoms with E-state index < -0.39 is 11.9 Å². The summed E-state index contributed by atoms with van der Waals surface area (Å²) in [5.74, 6) is 0.625. The van der Waals surface area contributed by atoms with E-state index in [9.17, 15) is 14.9 Å². The Bertz CT molecular complexity index is 1360. The van der Waals surface area contributed by atoms with Crippen molar-refractivity contribution < 1.29 is 19.4 Å². The number of rotatable bonds is 7. The number of methoxy groups -OCH3 is 1. The fourth-order valence-corrected chi connectivity index (χ4v) is 4.86. The molecule has 0 unspecified atom stereocenters. The van der Waals surface area contributed by atoms with Crippen LogP contribution in [0.3, 0.4) is 0 Å². The number of carbonyl (C=O) groups excluding carboxylic acids is 1. The van der Waals surface area contributed by atoms with Crippen molar-refractivity contribution in [1.82, 2.24) is 9.97 Å². The molecule has 4 N–H and O–H groups in total. The van der Waals surface area contributed by atoms with E-state index >= 15 is 0 Å². The molecular weight excluding hydrogens is 582 g/mol. The van der Waals surface area contributed by atoms with Gasteiger partial charge in [-0.25, -0.2) is 9.97 Å². The van der Waals surface area contributed by atoms with Crippen molar-refractivity contribution in [3.63, 3.8) is 0 Å². The Hall–Kier alpha value is -4.85. The summed E-state index contributed by atoms with van der Waals surface area (Å²) in [5, 5.41) is 21.8. The molecule has 11 heteroatoms. The zero-order valence-corrected chi connectivity index (χ0v) is 27.1. The number of nitrogens with zero attached hydrogens (tertiary/aromatic N) is 5. The largest absolute Gasteiger partial charge is 0.497 e. The van der Waals surface area contributed by atoms with Crippen molar-refractivity contribution in [3.8, 4) is 11.8 Å². The summed E-state index contributed by atoms with van der Waals surface area (Å²) in [6.45, 7) is 11.4. The molecule has 0 spiro atoms. The van der Waals surface area contributed by atoms with E-state index in [4.69, 9.17) is 15.6 Å². The van der Waals surface area contributed by atoms with Gasteiger partial charge in [0.15, 0.2) is 11.5 Å². The van der Waals surface area contributed by atoms with Crippen molar-refractivity contribution in [3.05, 3.63) is 66.0 Å². The number of nitrogens with two attached hydrogens (primary N) is 1. The molecule has 0 aliphatic carbocycles. The van der Waals surface area contributed by atoms with Gasteiger partial charge in [0.2, 0.25) is 5.91 Å². The Morgan fingerprint density at radius 1 is 0.935 bits per heavy atom. The maximum Gasteiger partial charge on any atom is 0.306 e. The molecule has 2 saturated heterocycles. The lowest BCUT2D eigenvalue weighted by atomic mass is 9.97. The van der Waals surface area contributed by atoms with Gasteiger partial charge in [-0.05, 0) is 80.6 Å². The maximum absolute atomic E-state index is 11.1. The van der Waals surface area contributed by atoms with E-state index in [-0.39, 0.29) is 19.0 Å². The predicted octanol–water partition coefficient (Wildman–Crippen LogP) is 6.87. The minimum absolute atomic E-state index is 0. The van der Waals surface area contributed by atoms with Crippen LogP contribution < -0.4 is 25.6 Å². The van der Waals surface area contributed by atoms with Gasteiger partial charge in [-0.15, -0.1) is 0 Å². The van der Waals surface area contributed by atoms with Crippen LogP contribution in [0.15, 0.2) is 54.7 Å². The van der Waals surface area contributed by atoms with Gasteiger partial charge in [0.25, 0.3) is 0 Å². The van der Waals surface area contributed by atoms with Gasteiger partial charge in [-0.2, -0.15) is 5.26 Å². The molecule has 0 saturated carbocycles. The summed E-state index contributed by atoms with van der Waals surface area (Å²) in [7, 11) is 1.57. The summed E-state index contributed by atoms with van der Waals surface area (Å²) < 4.78 is 4.90. The van der Waals surface area contributed by atoms with Gasteiger partial charge in [0.05, 0.1) is 19.2 Å². The Morgan fingerprint density at radius 3 is 2.02 bits per heavy atom. The Kier molecular flexibility index (Phi) is 17.9. The number of ether oxygens (including phenoxy) is 1. The fourth-order valence-electron chi connectivity index (χ4n) is 4.86. The van der Waals surface area contributed by atoms with Gasteiger partial charge >= 0.3 is 5.97 Å². The molecule has 2 aliphatic rings. The third-order valence-corrected chi connectivity index (χ3v) is 7.26. The SMILES string of the molecule is C.CC.CC.COc1ccc(C(N)=O)cc1.N#Cc1ncc(N2CCCCC2)nc1Nc1ccc(N2CCC(C(=O)O)CC2)cc1. The molecule has 0 bridgehead atoms. The molecule has 3 heterocycles. The highest BCUT2D eigenvalue weighted by Gasteiger charge is 2.24. The molecule has 1 amide bonds. The first kappa shape index (κ1) is 39.2. The second kappa shape index (κ2) is 21.0. The summed E-state index contributed by atoms with van der Waals surface area (Å²) in [5.41, 5.74) is 7.69. The number of carbonyl (C=O) groups is 2. The molecule has 46 heavy (non-hydrogen) atoms. The topological polar surface area (TPSA) is 158 Å². The van der Waals surface area contributed by atoms with Gasteiger partial charge in [-0.3, -0.25) is 9.59 Å². The van der Waals surface area contributed by atoms with E-state index in [1.807, 2.05) is 52.0 Å². The third-order valence-electron chi connectivity index (χ3n) is 7.26. The van der Waals surface area contributed by atoms with E-state index in [0.717, 1.165) is 62.0 Å². The van der Waals surface area contributed by atoms with Crippen LogP contribution in [0.2, 0.25) is 0 Å². The Balaban J connectivity index is 0.000000557. The number of amides is 1. The first-order valence-corrected chi connectivity index (χ1v) is 15.7. The molecule has 11 nitrogen and oxygen atoms in total. The maximum atomic E-state index is 11.1. The second-order valence-corrected chi connectivity index (χ2v) is 9.95. The fraction of sp³-hybridized carbons (Fsp3) is 0.457. The van der Waals surface area contributed by atoms with Crippen LogP contribution in [0.1, 0.15) is 83.3 Å². The number of piperidine rings is 2. The van der Waals surface area contributed by atoms with Crippen molar-refractivity contribution >= 4 is 34.9 Å². The summed E-state index contributed by atoms with van der Waals surface area (Å²) in [4.78, 5) is 35.1. The van der Waals surface area contributed by atoms with Crippen LogP contribution in [0, 0.1) is 17.2 Å². The lowest BCUT2D eigenvalue weighted by molar-refractivity contribution is -0.142. The highest BCUT2D eigenvalue weighted by molar-refractivity contribution is 5.92. The van der Waals surface area contributed by atoms with Gasteiger partial charge in [-0.1, -0.05) is 35.1 Å². The zero-order chi connectivity index (χ0) is 33.2.